The third kappa shape index (κ3) is 2.43. The molecule has 1 saturated carbocycles. The smallest absolute Gasteiger partial charge is 0.260 e. The second-order valence-corrected chi connectivity index (χ2v) is 6.54. The summed E-state index contributed by atoms with van der Waals surface area (Å²) in [5.74, 6) is 0.715. The molecule has 6 nitrogen and oxygen atoms in total. The SMILES string of the molecule is Nc1nc2ccccn2c1S(=O)(=O)NCCC1CC1. The number of nitrogens with one attached hydrogen (secondary N) is 1. The minimum absolute atomic E-state index is 0.0268. The summed E-state index contributed by atoms with van der Waals surface area (Å²) in [6.07, 6.45) is 4.95. The highest BCUT2D eigenvalue weighted by atomic mass is 32.2. The van der Waals surface area contributed by atoms with E-state index in [1.54, 1.807) is 24.4 Å². The second kappa shape index (κ2) is 4.50. The lowest BCUT2D eigenvalue weighted by molar-refractivity contribution is 0.571. The summed E-state index contributed by atoms with van der Waals surface area (Å²) in [4.78, 5) is 4.06. The van der Waals surface area contributed by atoms with Gasteiger partial charge in [0.15, 0.2) is 10.8 Å². The zero-order valence-electron chi connectivity index (χ0n) is 10.4. The van der Waals surface area contributed by atoms with Crippen LogP contribution >= 0.6 is 0 Å². The summed E-state index contributed by atoms with van der Waals surface area (Å²) in [5, 5.41) is 0.0268. The fraction of sp³-hybridized carbons (Fsp3) is 0.417. The largest absolute Gasteiger partial charge is 0.381 e. The highest BCUT2D eigenvalue weighted by molar-refractivity contribution is 7.89. The lowest BCUT2D eigenvalue weighted by Gasteiger charge is -2.06. The Bertz CT molecular complexity index is 704. The molecule has 7 heteroatoms. The van der Waals surface area contributed by atoms with E-state index < -0.39 is 10.0 Å². The topological polar surface area (TPSA) is 89.5 Å². The lowest BCUT2D eigenvalue weighted by Crippen LogP contribution is -2.27. The van der Waals surface area contributed by atoms with E-state index in [1.165, 1.54) is 17.2 Å². The molecule has 0 spiro atoms. The molecule has 19 heavy (non-hydrogen) atoms. The normalized spacial score (nSPS) is 16.0. The molecule has 0 bridgehead atoms. The number of pyridine rings is 1. The van der Waals surface area contributed by atoms with E-state index in [2.05, 4.69) is 9.71 Å². The Morgan fingerprint density at radius 1 is 1.42 bits per heavy atom. The van der Waals surface area contributed by atoms with Crippen LogP contribution in [0.2, 0.25) is 0 Å². The van der Waals surface area contributed by atoms with Crippen LogP contribution in [0.15, 0.2) is 29.4 Å². The maximum absolute atomic E-state index is 12.3. The van der Waals surface area contributed by atoms with Gasteiger partial charge in [-0.2, -0.15) is 0 Å². The van der Waals surface area contributed by atoms with Crippen LogP contribution in [0.25, 0.3) is 5.65 Å². The highest BCUT2D eigenvalue weighted by Crippen LogP contribution is 2.32. The van der Waals surface area contributed by atoms with E-state index in [0.717, 1.165) is 6.42 Å². The Balaban J connectivity index is 1.90. The summed E-state index contributed by atoms with van der Waals surface area (Å²) in [6.45, 7) is 0.451. The van der Waals surface area contributed by atoms with Crippen molar-refractivity contribution in [2.75, 3.05) is 12.3 Å². The van der Waals surface area contributed by atoms with E-state index >= 15 is 0 Å². The van der Waals surface area contributed by atoms with Crippen molar-refractivity contribution in [1.29, 1.82) is 0 Å². The van der Waals surface area contributed by atoms with Gasteiger partial charge in [0.2, 0.25) is 0 Å². The first-order valence-corrected chi connectivity index (χ1v) is 7.78. The molecule has 0 aromatic carbocycles. The highest BCUT2D eigenvalue weighted by Gasteiger charge is 2.25. The fourth-order valence-corrected chi connectivity index (χ4v) is 3.39. The summed E-state index contributed by atoms with van der Waals surface area (Å²) in [5.41, 5.74) is 6.26. The molecular weight excluding hydrogens is 264 g/mol. The Labute approximate surface area is 111 Å². The van der Waals surface area contributed by atoms with Gasteiger partial charge in [-0.05, 0) is 24.5 Å². The standard InChI is InChI=1S/C12H16N4O2S/c13-11-12(16-8-2-1-3-10(16)15-11)19(17,18)14-7-6-9-4-5-9/h1-3,8-9,14H,4-7,13H2. The van der Waals surface area contributed by atoms with Crippen molar-refractivity contribution < 1.29 is 8.42 Å². The van der Waals surface area contributed by atoms with Gasteiger partial charge in [0.25, 0.3) is 10.0 Å². The first-order chi connectivity index (χ1) is 9.08. The van der Waals surface area contributed by atoms with Gasteiger partial charge in [0.1, 0.15) is 5.65 Å². The Morgan fingerprint density at radius 3 is 2.95 bits per heavy atom. The summed E-state index contributed by atoms with van der Waals surface area (Å²) in [6, 6.07) is 5.26. The van der Waals surface area contributed by atoms with Gasteiger partial charge in [-0.25, -0.2) is 18.1 Å². The second-order valence-electron chi connectivity index (χ2n) is 4.86. The minimum Gasteiger partial charge on any atom is -0.381 e. The molecule has 0 aliphatic heterocycles. The third-order valence-corrected chi connectivity index (χ3v) is 4.81. The molecule has 0 saturated heterocycles. The molecule has 2 aromatic heterocycles. The number of anilines is 1. The first kappa shape index (κ1) is 12.4. The average Bonchev–Trinajstić information content (AvgIpc) is 3.09. The van der Waals surface area contributed by atoms with E-state index in [-0.39, 0.29) is 10.8 Å². The molecule has 0 radical (unpaired) electrons. The minimum atomic E-state index is -3.62. The predicted molar refractivity (Wildman–Crippen MR) is 72.1 cm³/mol. The molecular formula is C12H16N4O2S. The van der Waals surface area contributed by atoms with E-state index in [9.17, 15) is 8.42 Å². The molecule has 0 amide bonds. The maximum atomic E-state index is 12.3. The average molecular weight is 280 g/mol. The number of rotatable bonds is 5. The molecule has 2 heterocycles. The molecule has 1 aliphatic carbocycles. The van der Waals surface area contributed by atoms with Crippen LogP contribution in [0.4, 0.5) is 5.82 Å². The van der Waals surface area contributed by atoms with Crippen molar-refractivity contribution in [2.45, 2.75) is 24.3 Å². The van der Waals surface area contributed by atoms with Crippen LogP contribution in [0.3, 0.4) is 0 Å². The molecule has 2 aromatic rings. The maximum Gasteiger partial charge on any atom is 0.260 e. The van der Waals surface area contributed by atoms with Crippen molar-refractivity contribution in [3.63, 3.8) is 0 Å². The lowest BCUT2D eigenvalue weighted by atomic mass is 10.3. The van der Waals surface area contributed by atoms with Crippen molar-refractivity contribution in [3.8, 4) is 0 Å². The quantitative estimate of drug-likeness (QED) is 0.855. The van der Waals surface area contributed by atoms with E-state index in [4.69, 9.17) is 5.73 Å². The van der Waals surface area contributed by atoms with E-state index in [1.807, 2.05) is 0 Å². The summed E-state index contributed by atoms with van der Waals surface area (Å²) >= 11 is 0. The number of nitrogen functional groups attached to an aromatic ring is 1. The molecule has 3 N–H and O–H groups in total. The fourth-order valence-electron chi connectivity index (χ4n) is 2.13. The molecule has 102 valence electrons. The zero-order valence-corrected chi connectivity index (χ0v) is 11.2. The van der Waals surface area contributed by atoms with Gasteiger partial charge in [0, 0.05) is 12.7 Å². The molecule has 0 unspecified atom stereocenters. The third-order valence-electron chi connectivity index (χ3n) is 3.31. The monoisotopic (exact) mass is 280 g/mol. The molecule has 0 atom stereocenters. The van der Waals surface area contributed by atoms with Crippen LogP contribution in [-0.4, -0.2) is 24.3 Å². The van der Waals surface area contributed by atoms with Crippen LogP contribution < -0.4 is 10.5 Å². The Kier molecular flexibility index (Phi) is 2.94. The van der Waals surface area contributed by atoms with Crippen molar-refractivity contribution in [1.82, 2.24) is 14.1 Å². The first-order valence-electron chi connectivity index (χ1n) is 6.30. The number of imidazole rings is 1. The van der Waals surface area contributed by atoms with Gasteiger partial charge in [0.05, 0.1) is 0 Å². The number of hydrogen-bond acceptors (Lipinski definition) is 4. The van der Waals surface area contributed by atoms with Crippen molar-refractivity contribution >= 4 is 21.5 Å². The summed E-state index contributed by atoms with van der Waals surface area (Å²) in [7, 11) is -3.62. The Morgan fingerprint density at radius 2 is 2.21 bits per heavy atom. The van der Waals surface area contributed by atoms with Crippen molar-refractivity contribution in [3.05, 3.63) is 24.4 Å². The number of fused-ring (bicyclic) bond motifs is 1. The number of sulfonamides is 1. The van der Waals surface area contributed by atoms with Gasteiger partial charge in [-0.3, -0.25) is 4.40 Å². The zero-order chi connectivity index (χ0) is 13.5. The molecule has 1 aliphatic rings. The number of nitrogens with zero attached hydrogens (tertiary/aromatic N) is 2. The van der Waals surface area contributed by atoms with Crippen LogP contribution in [0.5, 0.6) is 0 Å². The number of aromatic nitrogens is 2. The van der Waals surface area contributed by atoms with Crippen LogP contribution in [-0.2, 0) is 10.0 Å². The molecule has 3 rings (SSSR count). The van der Waals surface area contributed by atoms with Gasteiger partial charge in [-0.1, -0.05) is 18.9 Å². The van der Waals surface area contributed by atoms with Gasteiger partial charge in [-0.15, -0.1) is 0 Å². The van der Waals surface area contributed by atoms with Gasteiger partial charge >= 0.3 is 0 Å². The van der Waals surface area contributed by atoms with Gasteiger partial charge < -0.3 is 5.73 Å². The number of nitrogens with two attached hydrogens (primary N) is 1. The van der Waals surface area contributed by atoms with Crippen LogP contribution in [0, 0.1) is 5.92 Å². The molecule has 1 fully saturated rings. The summed E-state index contributed by atoms with van der Waals surface area (Å²) < 4.78 is 28.6. The Hall–Kier alpha value is -1.60. The predicted octanol–water partition coefficient (Wildman–Crippen LogP) is 0.995. The van der Waals surface area contributed by atoms with E-state index in [0.29, 0.717) is 18.1 Å². The number of hydrogen-bond donors (Lipinski definition) is 2. The van der Waals surface area contributed by atoms with Crippen LogP contribution in [0.1, 0.15) is 19.3 Å². The van der Waals surface area contributed by atoms with Crippen molar-refractivity contribution in [2.24, 2.45) is 5.92 Å².